The summed E-state index contributed by atoms with van der Waals surface area (Å²) in [5.74, 6) is -0.538. The van der Waals surface area contributed by atoms with E-state index in [9.17, 15) is 9.59 Å². The van der Waals surface area contributed by atoms with Crippen LogP contribution in [-0.4, -0.2) is 31.3 Å². The quantitative estimate of drug-likeness (QED) is 0.465. The van der Waals surface area contributed by atoms with Crippen LogP contribution in [0.4, 0.5) is 5.69 Å². The van der Waals surface area contributed by atoms with Crippen LogP contribution >= 0.6 is 0 Å². The summed E-state index contributed by atoms with van der Waals surface area (Å²) in [4.78, 5) is 25.9. The minimum Gasteiger partial charge on any atom is -0.319 e. The Bertz CT molecular complexity index is 1220. The fraction of sp³-hybridized carbons (Fsp3) is 0.167. The van der Waals surface area contributed by atoms with E-state index in [1.165, 1.54) is 0 Å². The molecule has 0 atom stereocenters. The number of nitrogens with zero attached hydrogens (tertiary/aromatic N) is 4. The van der Waals surface area contributed by atoms with Gasteiger partial charge in [-0.3, -0.25) is 19.0 Å². The van der Waals surface area contributed by atoms with Gasteiger partial charge in [0.2, 0.25) is 0 Å². The third-order valence-electron chi connectivity index (χ3n) is 4.98. The second-order valence-electron chi connectivity index (χ2n) is 7.33. The van der Waals surface area contributed by atoms with Gasteiger partial charge in [0, 0.05) is 35.6 Å². The second-order valence-corrected chi connectivity index (χ2v) is 7.33. The lowest BCUT2D eigenvalue weighted by Gasteiger charge is -2.09. The molecule has 1 N–H and O–H groups in total. The Balaban J connectivity index is 1.50. The Hall–Kier alpha value is -4.00. The van der Waals surface area contributed by atoms with Crippen LogP contribution in [0.3, 0.4) is 0 Å². The maximum Gasteiger partial charge on any atom is 0.256 e. The largest absolute Gasteiger partial charge is 0.319 e. The Morgan fingerprint density at radius 3 is 2.32 bits per heavy atom. The second kappa shape index (κ2) is 8.79. The molecule has 0 aliphatic carbocycles. The van der Waals surface area contributed by atoms with Crippen molar-refractivity contribution in [3.63, 3.8) is 0 Å². The van der Waals surface area contributed by atoms with Gasteiger partial charge in [-0.05, 0) is 19.9 Å². The molecule has 0 saturated carbocycles. The average molecular weight is 413 g/mol. The number of carbonyl (C=O) groups excluding carboxylic acids is 2. The van der Waals surface area contributed by atoms with Gasteiger partial charge < -0.3 is 5.32 Å². The van der Waals surface area contributed by atoms with Crippen LogP contribution in [0.1, 0.15) is 44.3 Å². The van der Waals surface area contributed by atoms with E-state index in [-0.39, 0.29) is 11.7 Å². The van der Waals surface area contributed by atoms with Crippen LogP contribution in [0.15, 0.2) is 73.3 Å². The standard InChI is InChI=1S/C24H23N5O2/c1-3-28-14-18(12-25-28)15-29-16-20(13-26-29)27-24(31)22-7-5-4-6-21(22)23(30)19-10-8-17(2)9-11-19/h4-14,16H,3,15H2,1-2H3,(H,27,31). The lowest BCUT2D eigenvalue weighted by molar-refractivity contribution is 0.0996. The van der Waals surface area contributed by atoms with Crippen molar-refractivity contribution in [2.24, 2.45) is 0 Å². The van der Waals surface area contributed by atoms with Crippen molar-refractivity contribution in [3.05, 3.63) is 101 Å². The molecule has 4 aromatic rings. The molecule has 1 amide bonds. The van der Waals surface area contributed by atoms with Gasteiger partial charge in [-0.25, -0.2) is 0 Å². The fourth-order valence-corrected chi connectivity index (χ4v) is 3.30. The maximum absolute atomic E-state index is 13.0. The monoisotopic (exact) mass is 413 g/mol. The van der Waals surface area contributed by atoms with E-state index in [1.807, 2.05) is 36.9 Å². The molecular weight excluding hydrogens is 390 g/mol. The molecule has 4 rings (SSSR count). The molecule has 156 valence electrons. The molecule has 0 saturated heterocycles. The van der Waals surface area contributed by atoms with Crippen molar-refractivity contribution in [2.45, 2.75) is 26.9 Å². The number of aryl methyl sites for hydroxylation is 2. The molecule has 0 radical (unpaired) electrons. The number of ketones is 1. The predicted octanol–water partition coefficient (Wildman–Crippen LogP) is 3.94. The molecule has 2 aromatic carbocycles. The van der Waals surface area contributed by atoms with Crippen molar-refractivity contribution in [2.75, 3.05) is 5.32 Å². The third kappa shape index (κ3) is 4.61. The van der Waals surface area contributed by atoms with Crippen molar-refractivity contribution in [3.8, 4) is 0 Å². The summed E-state index contributed by atoms with van der Waals surface area (Å²) in [7, 11) is 0. The lowest BCUT2D eigenvalue weighted by Crippen LogP contribution is -2.16. The zero-order chi connectivity index (χ0) is 21.8. The van der Waals surface area contributed by atoms with Crippen molar-refractivity contribution < 1.29 is 9.59 Å². The van der Waals surface area contributed by atoms with Gasteiger partial charge in [-0.1, -0.05) is 48.0 Å². The maximum atomic E-state index is 13.0. The van der Waals surface area contributed by atoms with Crippen molar-refractivity contribution in [1.82, 2.24) is 19.6 Å². The molecule has 0 aliphatic rings. The lowest BCUT2D eigenvalue weighted by atomic mass is 9.97. The number of carbonyl (C=O) groups is 2. The predicted molar refractivity (Wildman–Crippen MR) is 118 cm³/mol. The summed E-state index contributed by atoms with van der Waals surface area (Å²) < 4.78 is 3.58. The fourth-order valence-electron chi connectivity index (χ4n) is 3.30. The van der Waals surface area contributed by atoms with Crippen molar-refractivity contribution in [1.29, 1.82) is 0 Å². The minimum atomic E-state index is -0.352. The van der Waals surface area contributed by atoms with E-state index < -0.39 is 0 Å². The molecular formula is C24H23N5O2. The van der Waals surface area contributed by atoms with E-state index in [1.54, 1.807) is 59.7 Å². The zero-order valence-corrected chi connectivity index (χ0v) is 17.4. The van der Waals surface area contributed by atoms with Gasteiger partial charge in [0.25, 0.3) is 5.91 Å². The molecule has 2 heterocycles. The number of hydrogen-bond donors (Lipinski definition) is 1. The highest BCUT2D eigenvalue weighted by Gasteiger charge is 2.18. The first-order chi connectivity index (χ1) is 15.0. The third-order valence-corrected chi connectivity index (χ3v) is 4.98. The van der Waals surface area contributed by atoms with E-state index in [0.717, 1.165) is 17.7 Å². The first kappa shape index (κ1) is 20.3. The summed E-state index contributed by atoms with van der Waals surface area (Å²) in [6.07, 6.45) is 7.11. The van der Waals surface area contributed by atoms with Crippen LogP contribution < -0.4 is 5.32 Å². The highest BCUT2D eigenvalue weighted by molar-refractivity contribution is 6.17. The molecule has 7 nitrogen and oxygen atoms in total. The first-order valence-electron chi connectivity index (χ1n) is 10.1. The van der Waals surface area contributed by atoms with Gasteiger partial charge in [0.1, 0.15) is 0 Å². The van der Waals surface area contributed by atoms with Crippen LogP contribution in [0.5, 0.6) is 0 Å². The van der Waals surface area contributed by atoms with Gasteiger partial charge in [0.05, 0.1) is 30.2 Å². The summed E-state index contributed by atoms with van der Waals surface area (Å²) in [6.45, 7) is 5.35. The van der Waals surface area contributed by atoms with Crippen LogP contribution in [0.2, 0.25) is 0 Å². The number of amides is 1. The van der Waals surface area contributed by atoms with Gasteiger partial charge >= 0.3 is 0 Å². The molecule has 31 heavy (non-hydrogen) atoms. The Morgan fingerprint density at radius 2 is 1.61 bits per heavy atom. The van der Waals surface area contributed by atoms with Crippen molar-refractivity contribution >= 4 is 17.4 Å². The summed E-state index contributed by atoms with van der Waals surface area (Å²) in [5.41, 5.74) is 3.89. The summed E-state index contributed by atoms with van der Waals surface area (Å²) >= 11 is 0. The average Bonchev–Trinajstić information content (AvgIpc) is 3.43. The summed E-state index contributed by atoms with van der Waals surface area (Å²) in [5, 5.41) is 11.4. The first-order valence-corrected chi connectivity index (χ1v) is 10.1. The topological polar surface area (TPSA) is 81.8 Å². The van der Waals surface area contributed by atoms with Gasteiger partial charge in [-0.15, -0.1) is 0 Å². The van der Waals surface area contributed by atoms with Crippen LogP contribution in [0, 0.1) is 6.92 Å². The van der Waals surface area contributed by atoms with E-state index in [4.69, 9.17) is 0 Å². The normalized spacial score (nSPS) is 10.8. The van der Waals surface area contributed by atoms with E-state index in [2.05, 4.69) is 15.5 Å². The number of hydrogen-bond acceptors (Lipinski definition) is 4. The molecule has 0 unspecified atom stereocenters. The number of nitrogens with one attached hydrogen (secondary N) is 1. The van der Waals surface area contributed by atoms with Crippen LogP contribution in [-0.2, 0) is 13.1 Å². The Kier molecular flexibility index (Phi) is 5.75. The number of benzene rings is 2. The Labute approximate surface area is 180 Å². The summed E-state index contributed by atoms with van der Waals surface area (Å²) in [6, 6.07) is 14.1. The SMILES string of the molecule is CCn1cc(Cn2cc(NC(=O)c3ccccc3C(=O)c3ccc(C)cc3)cn2)cn1. The Morgan fingerprint density at radius 1 is 0.903 bits per heavy atom. The number of anilines is 1. The molecule has 7 heteroatoms. The highest BCUT2D eigenvalue weighted by atomic mass is 16.2. The van der Waals surface area contributed by atoms with Gasteiger partial charge in [0.15, 0.2) is 5.78 Å². The van der Waals surface area contributed by atoms with Gasteiger partial charge in [-0.2, -0.15) is 10.2 Å². The number of rotatable bonds is 7. The molecule has 2 aromatic heterocycles. The zero-order valence-electron chi connectivity index (χ0n) is 17.4. The molecule has 0 aliphatic heterocycles. The molecule has 0 bridgehead atoms. The number of aromatic nitrogens is 4. The minimum absolute atomic E-state index is 0.186. The molecule has 0 fully saturated rings. The van der Waals surface area contributed by atoms with E-state index >= 15 is 0 Å². The highest BCUT2D eigenvalue weighted by Crippen LogP contribution is 2.17. The van der Waals surface area contributed by atoms with Crippen LogP contribution in [0.25, 0.3) is 0 Å². The smallest absolute Gasteiger partial charge is 0.256 e. The van der Waals surface area contributed by atoms with E-state index in [0.29, 0.717) is 28.9 Å². The molecule has 0 spiro atoms.